The van der Waals surface area contributed by atoms with Crippen LogP contribution < -0.4 is 15.4 Å². The molecule has 2 aromatic carbocycles. The van der Waals surface area contributed by atoms with Gasteiger partial charge in [-0.25, -0.2) is 0 Å². The molecule has 0 spiro atoms. The Hall–Kier alpha value is -2.82. The molecule has 0 saturated carbocycles. The lowest BCUT2D eigenvalue weighted by Gasteiger charge is -2.11. The molecule has 0 aliphatic heterocycles. The number of methoxy groups -OCH3 is 1. The summed E-state index contributed by atoms with van der Waals surface area (Å²) in [6.45, 7) is 3.35. The Bertz CT molecular complexity index is 709. The highest BCUT2D eigenvalue weighted by Gasteiger charge is 2.07. The highest BCUT2D eigenvalue weighted by Crippen LogP contribution is 2.20. The minimum Gasteiger partial charge on any atom is -0.497 e. The summed E-state index contributed by atoms with van der Waals surface area (Å²) < 4.78 is 5.09. The highest BCUT2D eigenvalue weighted by molar-refractivity contribution is 5.94. The van der Waals surface area contributed by atoms with Crippen LogP contribution in [-0.4, -0.2) is 18.9 Å². The molecule has 0 aliphatic rings. The van der Waals surface area contributed by atoms with E-state index in [1.165, 1.54) is 6.92 Å². The monoisotopic (exact) mass is 312 g/mol. The number of nitrogens with one attached hydrogen (secondary N) is 2. The number of amides is 2. The molecule has 5 heteroatoms. The molecule has 2 aromatic rings. The Labute approximate surface area is 135 Å². The van der Waals surface area contributed by atoms with Gasteiger partial charge in [0, 0.05) is 18.3 Å². The molecule has 23 heavy (non-hydrogen) atoms. The van der Waals surface area contributed by atoms with Gasteiger partial charge in [0.15, 0.2) is 0 Å². The SMILES string of the molecule is COc1ccc(CC(=O)Nc2ccc(C)c(NC(C)=O)c2)cc1. The summed E-state index contributed by atoms with van der Waals surface area (Å²) in [5.41, 5.74) is 3.18. The van der Waals surface area contributed by atoms with E-state index in [0.29, 0.717) is 11.4 Å². The van der Waals surface area contributed by atoms with Gasteiger partial charge < -0.3 is 15.4 Å². The number of anilines is 2. The van der Waals surface area contributed by atoms with E-state index in [9.17, 15) is 9.59 Å². The second-order valence-electron chi connectivity index (χ2n) is 5.28. The van der Waals surface area contributed by atoms with E-state index in [4.69, 9.17) is 4.74 Å². The summed E-state index contributed by atoms with van der Waals surface area (Å²) in [4.78, 5) is 23.3. The van der Waals surface area contributed by atoms with Crippen LogP contribution >= 0.6 is 0 Å². The van der Waals surface area contributed by atoms with Crippen LogP contribution in [-0.2, 0) is 16.0 Å². The van der Waals surface area contributed by atoms with Crippen molar-refractivity contribution in [3.63, 3.8) is 0 Å². The van der Waals surface area contributed by atoms with Crippen LogP contribution in [0, 0.1) is 6.92 Å². The van der Waals surface area contributed by atoms with Gasteiger partial charge >= 0.3 is 0 Å². The van der Waals surface area contributed by atoms with Crippen molar-refractivity contribution < 1.29 is 14.3 Å². The Morgan fingerprint density at radius 3 is 2.35 bits per heavy atom. The Balaban J connectivity index is 2.03. The largest absolute Gasteiger partial charge is 0.497 e. The molecule has 2 rings (SSSR count). The number of aryl methyl sites for hydroxylation is 1. The molecule has 2 amide bonds. The molecular formula is C18H20N2O3. The molecule has 0 unspecified atom stereocenters. The smallest absolute Gasteiger partial charge is 0.228 e. The maximum absolute atomic E-state index is 12.1. The lowest BCUT2D eigenvalue weighted by Crippen LogP contribution is -2.15. The zero-order valence-corrected chi connectivity index (χ0v) is 13.5. The van der Waals surface area contributed by atoms with E-state index in [-0.39, 0.29) is 18.2 Å². The summed E-state index contributed by atoms with van der Waals surface area (Å²) in [7, 11) is 1.60. The Morgan fingerprint density at radius 2 is 1.74 bits per heavy atom. The van der Waals surface area contributed by atoms with Crippen molar-refractivity contribution >= 4 is 23.2 Å². The lowest BCUT2D eigenvalue weighted by atomic mass is 10.1. The van der Waals surface area contributed by atoms with Crippen LogP contribution in [0.25, 0.3) is 0 Å². The van der Waals surface area contributed by atoms with Crippen molar-refractivity contribution in [2.45, 2.75) is 20.3 Å². The fraction of sp³-hybridized carbons (Fsp3) is 0.222. The molecule has 5 nitrogen and oxygen atoms in total. The third kappa shape index (κ3) is 4.85. The zero-order valence-electron chi connectivity index (χ0n) is 13.5. The van der Waals surface area contributed by atoms with E-state index < -0.39 is 0 Å². The molecule has 2 N–H and O–H groups in total. The minimum absolute atomic E-state index is 0.118. The third-order valence-electron chi connectivity index (χ3n) is 3.36. The Kier molecular flexibility index (Phi) is 5.36. The third-order valence-corrected chi connectivity index (χ3v) is 3.36. The molecule has 0 heterocycles. The Morgan fingerprint density at radius 1 is 1.04 bits per heavy atom. The van der Waals surface area contributed by atoms with Crippen molar-refractivity contribution in [2.75, 3.05) is 17.7 Å². The quantitative estimate of drug-likeness (QED) is 0.891. The molecular weight excluding hydrogens is 292 g/mol. The minimum atomic E-state index is -0.144. The number of hydrogen-bond donors (Lipinski definition) is 2. The van der Waals surface area contributed by atoms with Gasteiger partial charge in [-0.3, -0.25) is 9.59 Å². The fourth-order valence-corrected chi connectivity index (χ4v) is 2.16. The van der Waals surface area contributed by atoms with Crippen molar-refractivity contribution in [2.24, 2.45) is 0 Å². The first-order chi connectivity index (χ1) is 11.0. The maximum Gasteiger partial charge on any atom is 0.228 e. The molecule has 120 valence electrons. The van der Waals surface area contributed by atoms with Gasteiger partial charge in [-0.1, -0.05) is 18.2 Å². The van der Waals surface area contributed by atoms with E-state index in [0.717, 1.165) is 16.9 Å². The zero-order chi connectivity index (χ0) is 16.8. The number of ether oxygens (including phenoxy) is 1. The van der Waals surface area contributed by atoms with Crippen LogP contribution in [0.1, 0.15) is 18.1 Å². The predicted octanol–water partition coefficient (Wildman–Crippen LogP) is 3.14. The van der Waals surface area contributed by atoms with Crippen molar-refractivity contribution in [1.29, 1.82) is 0 Å². The first-order valence-electron chi connectivity index (χ1n) is 7.29. The van der Waals surface area contributed by atoms with E-state index in [2.05, 4.69) is 10.6 Å². The van der Waals surface area contributed by atoms with Crippen molar-refractivity contribution in [3.8, 4) is 5.75 Å². The van der Waals surface area contributed by atoms with Crippen molar-refractivity contribution in [3.05, 3.63) is 53.6 Å². The second-order valence-corrected chi connectivity index (χ2v) is 5.28. The standard InChI is InChI=1S/C18H20N2O3/c1-12-4-7-15(11-17(12)19-13(2)21)20-18(22)10-14-5-8-16(23-3)9-6-14/h4-9,11H,10H2,1-3H3,(H,19,21)(H,20,22). The molecule has 0 aliphatic carbocycles. The van der Waals surface area contributed by atoms with Crippen LogP contribution in [0.4, 0.5) is 11.4 Å². The van der Waals surface area contributed by atoms with Crippen molar-refractivity contribution in [1.82, 2.24) is 0 Å². The molecule has 0 radical (unpaired) electrons. The van der Waals surface area contributed by atoms with Crippen LogP contribution in [0.15, 0.2) is 42.5 Å². The fourth-order valence-electron chi connectivity index (χ4n) is 2.16. The number of carbonyl (C=O) groups excluding carboxylic acids is 2. The number of hydrogen-bond acceptors (Lipinski definition) is 3. The number of rotatable bonds is 5. The van der Waals surface area contributed by atoms with Gasteiger partial charge in [0.2, 0.25) is 11.8 Å². The summed E-state index contributed by atoms with van der Waals surface area (Å²) in [6, 6.07) is 12.8. The topological polar surface area (TPSA) is 67.4 Å². The summed E-state index contributed by atoms with van der Waals surface area (Å²) in [5, 5.41) is 5.58. The van der Waals surface area contributed by atoms with Crippen LogP contribution in [0.2, 0.25) is 0 Å². The first-order valence-corrected chi connectivity index (χ1v) is 7.29. The first kappa shape index (κ1) is 16.5. The van der Waals surface area contributed by atoms with Gasteiger partial charge in [0.25, 0.3) is 0 Å². The van der Waals surface area contributed by atoms with E-state index in [1.807, 2.05) is 43.3 Å². The number of carbonyl (C=O) groups is 2. The average Bonchev–Trinajstić information content (AvgIpc) is 2.51. The average molecular weight is 312 g/mol. The molecule has 0 fully saturated rings. The van der Waals surface area contributed by atoms with Gasteiger partial charge in [-0.05, 0) is 42.3 Å². The predicted molar refractivity (Wildman–Crippen MR) is 90.8 cm³/mol. The van der Waals surface area contributed by atoms with Crippen LogP contribution in [0.3, 0.4) is 0 Å². The highest BCUT2D eigenvalue weighted by atomic mass is 16.5. The van der Waals surface area contributed by atoms with Gasteiger partial charge in [0.1, 0.15) is 5.75 Å². The van der Waals surface area contributed by atoms with Gasteiger partial charge in [0.05, 0.1) is 13.5 Å². The van der Waals surface area contributed by atoms with Crippen LogP contribution in [0.5, 0.6) is 5.75 Å². The second kappa shape index (κ2) is 7.45. The summed E-state index contributed by atoms with van der Waals surface area (Å²) >= 11 is 0. The lowest BCUT2D eigenvalue weighted by molar-refractivity contribution is -0.115. The van der Waals surface area contributed by atoms with E-state index in [1.54, 1.807) is 13.2 Å². The van der Waals surface area contributed by atoms with Gasteiger partial charge in [-0.2, -0.15) is 0 Å². The molecule has 0 atom stereocenters. The molecule has 0 bridgehead atoms. The molecule has 0 saturated heterocycles. The van der Waals surface area contributed by atoms with Gasteiger partial charge in [-0.15, -0.1) is 0 Å². The normalized spacial score (nSPS) is 10.0. The summed E-state index contributed by atoms with van der Waals surface area (Å²) in [5.74, 6) is 0.496. The van der Waals surface area contributed by atoms with E-state index >= 15 is 0 Å². The maximum atomic E-state index is 12.1. The summed E-state index contributed by atoms with van der Waals surface area (Å²) in [6.07, 6.45) is 0.271. The molecule has 0 aromatic heterocycles. The number of benzene rings is 2.